The summed E-state index contributed by atoms with van der Waals surface area (Å²) in [7, 11) is 0. The molecule has 1 amide bonds. The van der Waals surface area contributed by atoms with Crippen molar-refractivity contribution in [3.8, 4) is 0 Å². The van der Waals surface area contributed by atoms with E-state index in [1.54, 1.807) is 0 Å². The van der Waals surface area contributed by atoms with E-state index in [0.29, 0.717) is 6.04 Å². The zero-order chi connectivity index (χ0) is 15.8. The molecule has 2 heteroatoms. The minimum atomic E-state index is -0.0143. The fourth-order valence-corrected chi connectivity index (χ4v) is 2.71. The SMILES string of the molecule is C=CC(=O)NC(CCCCCCC)CCCCCCCC. The Balaban J connectivity index is 3.80. The highest BCUT2D eigenvalue weighted by molar-refractivity contribution is 5.87. The van der Waals surface area contributed by atoms with Gasteiger partial charge < -0.3 is 5.32 Å². The van der Waals surface area contributed by atoms with Crippen molar-refractivity contribution in [2.75, 3.05) is 0 Å². The lowest BCUT2D eigenvalue weighted by Crippen LogP contribution is -2.33. The number of unbranched alkanes of at least 4 members (excludes halogenated alkanes) is 9. The smallest absolute Gasteiger partial charge is 0.243 e. The maximum absolute atomic E-state index is 11.5. The minimum Gasteiger partial charge on any atom is -0.350 e. The van der Waals surface area contributed by atoms with Gasteiger partial charge in [-0.2, -0.15) is 0 Å². The molecule has 21 heavy (non-hydrogen) atoms. The largest absolute Gasteiger partial charge is 0.350 e. The van der Waals surface area contributed by atoms with Crippen molar-refractivity contribution in [2.45, 2.75) is 103 Å². The van der Waals surface area contributed by atoms with E-state index in [1.807, 2.05) is 0 Å². The van der Waals surface area contributed by atoms with Gasteiger partial charge in [0, 0.05) is 6.04 Å². The number of rotatable bonds is 15. The van der Waals surface area contributed by atoms with Crippen molar-refractivity contribution in [3.05, 3.63) is 12.7 Å². The quantitative estimate of drug-likeness (QED) is 0.301. The first-order chi connectivity index (χ1) is 10.2. The van der Waals surface area contributed by atoms with Gasteiger partial charge in [-0.05, 0) is 18.9 Å². The van der Waals surface area contributed by atoms with Gasteiger partial charge in [-0.15, -0.1) is 0 Å². The van der Waals surface area contributed by atoms with Gasteiger partial charge in [0.05, 0.1) is 0 Å². The van der Waals surface area contributed by atoms with E-state index in [9.17, 15) is 4.79 Å². The molecule has 1 unspecified atom stereocenters. The standard InChI is InChI=1S/C19H37NO/c1-4-7-9-11-13-15-17-18(20-19(21)6-3)16-14-12-10-8-5-2/h6,18H,3-5,7-17H2,1-2H3,(H,20,21). The van der Waals surface area contributed by atoms with Crippen molar-refractivity contribution in [2.24, 2.45) is 0 Å². The first-order valence-corrected chi connectivity index (χ1v) is 9.17. The summed E-state index contributed by atoms with van der Waals surface area (Å²) >= 11 is 0. The van der Waals surface area contributed by atoms with Crippen LogP contribution in [0.25, 0.3) is 0 Å². The third-order valence-electron chi connectivity index (χ3n) is 4.09. The van der Waals surface area contributed by atoms with E-state index >= 15 is 0 Å². The second kappa shape index (κ2) is 15.6. The Morgan fingerprint density at radius 1 is 0.857 bits per heavy atom. The predicted molar refractivity (Wildman–Crippen MR) is 93.5 cm³/mol. The van der Waals surface area contributed by atoms with E-state index in [0.717, 1.165) is 12.8 Å². The summed E-state index contributed by atoms with van der Waals surface area (Å²) < 4.78 is 0. The average Bonchev–Trinajstić information content (AvgIpc) is 2.49. The number of carbonyl (C=O) groups excluding carboxylic acids is 1. The van der Waals surface area contributed by atoms with E-state index < -0.39 is 0 Å². The summed E-state index contributed by atoms with van der Waals surface area (Å²) in [5.41, 5.74) is 0. The van der Waals surface area contributed by atoms with Crippen LogP contribution in [0.5, 0.6) is 0 Å². The molecule has 0 aliphatic carbocycles. The molecule has 0 radical (unpaired) electrons. The molecule has 2 nitrogen and oxygen atoms in total. The molecule has 1 atom stereocenters. The van der Waals surface area contributed by atoms with E-state index in [2.05, 4.69) is 25.7 Å². The molecule has 1 N–H and O–H groups in total. The van der Waals surface area contributed by atoms with Crippen LogP contribution >= 0.6 is 0 Å². The number of amides is 1. The van der Waals surface area contributed by atoms with Gasteiger partial charge in [-0.3, -0.25) is 4.79 Å². The molecule has 0 saturated carbocycles. The van der Waals surface area contributed by atoms with Crippen molar-refractivity contribution < 1.29 is 4.79 Å². The Morgan fingerprint density at radius 2 is 1.29 bits per heavy atom. The third-order valence-corrected chi connectivity index (χ3v) is 4.09. The third kappa shape index (κ3) is 13.9. The van der Waals surface area contributed by atoms with Crippen LogP contribution in [0.15, 0.2) is 12.7 Å². The van der Waals surface area contributed by atoms with Gasteiger partial charge in [-0.25, -0.2) is 0 Å². The molecule has 0 spiro atoms. The lowest BCUT2D eigenvalue weighted by molar-refractivity contribution is -0.117. The van der Waals surface area contributed by atoms with Crippen LogP contribution < -0.4 is 5.32 Å². The number of hydrogen-bond acceptors (Lipinski definition) is 1. The number of carbonyl (C=O) groups is 1. The first-order valence-electron chi connectivity index (χ1n) is 9.17. The maximum Gasteiger partial charge on any atom is 0.243 e. The highest BCUT2D eigenvalue weighted by Gasteiger charge is 2.10. The summed E-state index contributed by atoms with van der Waals surface area (Å²) in [6.07, 6.45) is 18.0. The molecule has 0 fully saturated rings. The Bertz CT molecular complexity index is 250. The van der Waals surface area contributed by atoms with Crippen molar-refractivity contribution in [1.29, 1.82) is 0 Å². The average molecular weight is 296 g/mol. The molecule has 0 aliphatic rings. The van der Waals surface area contributed by atoms with E-state index in [1.165, 1.54) is 76.7 Å². The fourth-order valence-electron chi connectivity index (χ4n) is 2.71. The highest BCUT2D eigenvalue weighted by atomic mass is 16.1. The van der Waals surface area contributed by atoms with Crippen LogP contribution in [0.2, 0.25) is 0 Å². The van der Waals surface area contributed by atoms with E-state index in [4.69, 9.17) is 0 Å². The first kappa shape index (κ1) is 20.2. The van der Waals surface area contributed by atoms with Crippen LogP contribution in [0.1, 0.15) is 97.3 Å². The van der Waals surface area contributed by atoms with Gasteiger partial charge in [-0.1, -0.05) is 91.1 Å². The monoisotopic (exact) mass is 295 g/mol. The van der Waals surface area contributed by atoms with Crippen molar-refractivity contribution in [3.63, 3.8) is 0 Å². The summed E-state index contributed by atoms with van der Waals surface area (Å²) in [6, 6.07) is 0.350. The Morgan fingerprint density at radius 3 is 1.71 bits per heavy atom. The van der Waals surface area contributed by atoms with Gasteiger partial charge in [0.1, 0.15) is 0 Å². The predicted octanol–water partition coefficient (Wildman–Crippen LogP) is 5.77. The summed E-state index contributed by atoms with van der Waals surface area (Å²) in [5, 5.41) is 3.10. The molecule has 0 aromatic carbocycles. The molecular formula is C19H37NO. The second-order valence-electron chi connectivity index (χ2n) is 6.17. The van der Waals surface area contributed by atoms with Crippen molar-refractivity contribution in [1.82, 2.24) is 5.32 Å². The lowest BCUT2D eigenvalue weighted by Gasteiger charge is -2.18. The molecule has 0 heterocycles. The molecule has 0 saturated heterocycles. The Kier molecular flexibility index (Phi) is 15.0. The van der Waals surface area contributed by atoms with E-state index in [-0.39, 0.29) is 5.91 Å². The van der Waals surface area contributed by atoms with Crippen molar-refractivity contribution >= 4 is 5.91 Å². The van der Waals surface area contributed by atoms with Gasteiger partial charge in [0.15, 0.2) is 0 Å². The molecule has 0 aromatic rings. The maximum atomic E-state index is 11.5. The molecule has 0 aromatic heterocycles. The van der Waals surface area contributed by atoms with Crippen LogP contribution in [-0.4, -0.2) is 11.9 Å². The van der Waals surface area contributed by atoms with Gasteiger partial charge in [0.2, 0.25) is 5.91 Å². The summed E-state index contributed by atoms with van der Waals surface area (Å²) in [5.74, 6) is -0.0143. The zero-order valence-corrected chi connectivity index (χ0v) is 14.5. The molecule has 124 valence electrons. The summed E-state index contributed by atoms with van der Waals surface area (Å²) in [4.78, 5) is 11.5. The zero-order valence-electron chi connectivity index (χ0n) is 14.5. The Hall–Kier alpha value is -0.790. The Labute approximate surface area is 132 Å². The van der Waals surface area contributed by atoms with Gasteiger partial charge >= 0.3 is 0 Å². The van der Waals surface area contributed by atoms with Crippen LogP contribution in [0.3, 0.4) is 0 Å². The number of hydrogen-bond donors (Lipinski definition) is 1. The number of nitrogens with one attached hydrogen (secondary N) is 1. The molecular weight excluding hydrogens is 258 g/mol. The molecule has 0 bridgehead atoms. The lowest BCUT2D eigenvalue weighted by atomic mass is 10.00. The van der Waals surface area contributed by atoms with Crippen LogP contribution in [-0.2, 0) is 4.79 Å². The van der Waals surface area contributed by atoms with Crippen LogP contribution in [0, 0.1) is 0 Å². The highest BCUT2D eigenvalue weighted by Crippen LogP contribution is 2.14. The van der Waals surface area contributed by atoms with Gasteiger partial charge in [0.25, 0.3) is 0 Å². The van der Waals surface area contributed by atoms with Crippen LogP contribution in [0.4, 0.5) is 0 Å². The minimum absolute atomic E-state index is 0.0143. The fraction of sp³-hybridized carbons (Fsp3) is 0.842. The summed E-state index contributed by atoms with van der Waals surface area (Å²) in [6.45, 7) is 8.04. The topological polar surface area (TPSA) is 29.1 Å². The molecule has 0 aliphatic heterocycles. The normalized spacial score (nSPS) is 12.1. The second-order valence-corrected chi connectivity index (χ2v) is 6.17. The molecule has 0 rings (SSSR count).